The molecule has 106 valence electrons. The summed E-state index contributed by atoms with van der Waals surface area (Å²) in [5.41, 5.74) is 0. The zero-order valence-corrected chi connectivity index (χ0v) is 13.2. The maximum absolute atomic E-state index is 11.7. The first-order chi connectivity index (χ1) is 8.93. The molecular weight excluding hydrogens is 334 g/mol. The lowest BCUT2D eigenvalue weighted by Crippen LogP contribution is -2.40. The van der Waals surface area contributed by atoms with Crippen LogP contribution in [0.3, 0.4) is 0 Å². The van der Waals surface area contributed by atoms with Gasteiger partial charge in [0.15, 0.2) is 6.61 Å². The number of rotatable bonds is 6. The monoisotopic (exact) mass is 349 g/mol. The number of hydrogen-bond acceptors (Lipinski definition) is 3. The van der Waals surface area contributed by atoms with Gasteiger partial charge in [-0.2, -0.15) is 0 Å². The van der Waals surface area contributed by atoms with Gasteiger partial charge < -0.3 is 15.2 Å². The Morgan fingerprint density at radius 1 is 1.53 bits per heavy atom. The lowest BCUT2D eigenvalue weighted by atomic mass is 10.1. The number of aliphatic hydroxyl groups is 1. The van der Waals surface area contributed by atoms with Crippen LogP contribution in [0.4, 0.5) is 0 Å². The third-order valence-electron chi connectivity index (χ3n) is 2.78. The lowest BCUT2D eigenvalue weighted by molar-refractivity contribution is -0.124. The van der Waals surface area contributed by atoms with Gasteiger partial charge in [-0.25, -0.2) is 0 Å². The first-order valence-corrected chi connectivity index (χ1v) is 7.09. The highest BCUT2D eigenvalue weighted by Gasteiger charge is 2.14. The minimum atomic E-state index is -0.227. The van der Waals surface area contributed by atoms with Crippen molar-refractivity contribution in [1.29, 1.82) is 0 Å². The number of benzene rings is 1. The average molecular weight is 351 g/mol. The molecule has 0 aliphatic rings. The van der Waals surface area contributed by atoms with Crippen LogP contribution in [-0.4, -0.2) is 30.3 Å². The van der Waals surface area contributed by atoms with Crippen molar-refractivity contribution in [3.63, 3.8) is 0 Å². The zero-order valence-electron chi connectivity index (χ0n) is 10.8. The van der Waals surface area contributed by atoms with E-state index in [1.54, 1.807) is 18.2 Å². The number of aliphatic hydroxyl groups excluding tert-OH is 1. The van der Waals surface area contributed by atoms with Crippen molar-refractivity contribution in [1.82, 2.24) is 5.32 Å². The summed E-state index contributed by atoms with van der Waals surface area (Å²) in [7, 11) is 0. The summed E-state index contributed by atoms with van der Waals surface area (Å²) >= 11 is 9.12. The second kappa shape index (κ2) is 7.72. The molecule has 0 saturated carbocycles. The molecular formula is C13H17BrClNO3. The lowest BCUT2D eigenvalue weighted by Gasteiger charge is -2.19. The number of amides is 1. The summed E-state index contributed by atoms with van der Waals surface area (Å²) < 4.78 is 6.09. The van der Waals surface area contributed by atoms with E-state index >= 15 is 0 Å². The van der Waals surface area contributed by atoms with E-state index in [2.05, 4.69) is 21.2 Å². The number of carbonyl (C=O) groups is 1. The number of halogens is 2. The zero-order chi connectivity index (χ0) is 14.4. The predicted octanol–water partition coefficient (Wildman–Crippen LogP) is 2.61. The normalized spacial score (nSPS) is 13.7. The topological polar surface area (TPSA) is 58.6 Å². The van der Waals surface area contributed by atoms with E-state index in [9.17, 15) is 4.79 Å². The summed E-state index contributed by atoms with van der Waals surface area (Å²) in [4.78, 5) is 11.7. The Labute approximate surface area is 126 Å². The Kier molecular flexibility index (Phi) is 6.62. The fraction of sp³-hybridized carbons (Fsp3) is 0.462. The SMILES string of the molecule is CC(CO)C(C)NC(=O)COc1ccc(Cl)cc1Br. The molecule has 1 amide bonds. The Balaban J connectivity index is 2.46. The van der Waals surface area contributed by atoms with E-state index in [4.69, 9.17) is 21.4 Å². The van der Waals surface area contributed by atoms with E-state index in [-0.39, 0.29) is 31.1 Å². The van der Waals surface area contributed by atoms with Crippen LogP contribution in [0.25, 0.3) is 0 Å². The summed E-state index contributed by atoms with van der Waals surface area (Å²) in [6, 6.07) is 4.98. The number of ether oxygens (including phenoxy) is 1. The first kappa shape index (κ1) is 16.3. The van der Waals surface area contributed by atoms with E-state index < -0.39 is 0 Å². The van der Waals surface area contributed by atoms with Gasteiger partial charge in [0, 0.05) is 17.7 Å². The van der Waals surface area contributed by atoms with Crippen molar-refractivity contribution in [3.05, 3.63) is 27.7 Å². The van der Waals surface area contributed by atoms with Gasteiger partial charge in [-0.1, -0.05) is 18.5 Å². The molecule has 0 heterocycles. The fourth-order valence-corrected chi connectivity index (χ4v) is 2.13. The fourth-order valence-electron chi connectivity index (χ4n) is 1.33. The number of hydrogen-bond donors (Lipinski definition) is 2. The molecule has 1 aromatic rings. The van der Waals surface area contributed by atoms with Gasteiger partial charge in [0.2, 0.25) is 0 Å². The van der Waals surface area contributed by atoms with Crippen LogP contribution in [0.15, 0.2) is 22.7 Å². The molecule has 0 bridgehead atoms. The highest BCUT2D eigenvalue weighted by Crippen LogP contribution is 2.27. The molecule has 0 saturated heterocycles. The number of nitrogens with one attached hydrogen (secondary N) is 1. The Hall–Kier alpha value is -0.780. The Morgan fingerprint density at radius 3 is 2.79 bits per heavy atom. The van der Waals surface area contributed by atoms with Crippen LogP contribution in [-0.2, 0) is 4.79 Å². The van der Waals surface area contributed by atoms with Crippen LogP contribution < -0.4 is 10.1 Å². The maximum Gasteiger partial charge on any atom is 0.258 e. The molecule has 2 unspecified atom stereocenters. The van der Waals surface area contributed by atoms with Crippen molar-refractivity contribution < 1.29 is 14.6 Å². The van der Waals surface area contributed by atoms with Gasteiger partial charge in [0.1, 0.15) is 5.75 Å². The second-order valence-electron chi connectivity index (χ2n) is 4.38. The Bertz CT molecular complexity index is 442. The van der Waals surface area contributed by atoms with Crippen molar-refractivity contribution in [3.8, 4) is 5.75 Å². The largest absolute Gasteiger partial charge is 0.483 e. The van der Waals surface area contributed by atoms with Crippen LogP contribution >= 0.6 is 27.5 Å². The molecule has 0 spiro atoms. The molecule has 6 heteroatoms. The van der Waals surface area contributed by atoms with E-state index in [0.29, 0.717) is 15.2 Å². The molecule has 0 aliphatic heterocycles. The minimum absolute atomic E-state index is 0.00576. The van der Waals surface area contributed by atoms with Gasteiger partial charge in [0.25, 0.3) is 5.91 Å². The van der Waals surface area contributed by atoms with Gasteiger partial charge in [0.05, 0.1) is 4.47 Å². The standard InChI is InChI=1S/C13H17BrClNO3/c1-8(6-17)9(2)16-13(18)7-19-12-4-3-10(15)5-11(12)14/h3-5,8-9,17H,6-7H2,1-2H3,(H,16,18). The van der Waals surface area contributed by atoms with Crippen molar-refractivity contribution in [2.75, 3.05) is 13.2 Å². The highest BCUT2D eigenvalue weighted by molar-refractivity contribution is 9.10. The van der Waals surface area contributed by atoms with E-state index in [1.807, 2.05) is 13.8 Å². The molecule has 0 aromatic heterocycles. The van der Waals surface area contributed by atoms with Gasteiger partial charge in [-0.15, -0.1) is 0 Å². The smallest absolute Gasteiger partial charge is 0.258 e. The Morgan fingerprint density at radius 2 is 2.21 bits per heavy atom. The van der Waals surface area contributed by atoms with E-state index in [0.717, 1.165) is 0 Å². The molecule has 19 heavy (non-hydrogen) atoms. The molecule has 0 fully saturated rings. The van der Waals surface area contributed by atoms with E-state index in [1.165, 1.54) is 0 Å². The first-order valence-electron chi connectivity index (χ1n) is 5.92. The highest BCUT2D eigenvalue weighted by atomic mass is 79.9. The predicted molar refractivity (Wildman–Crippen MR) is 78.5 cm³/mol. The molecule has 2 N–H and O–H groups in total. The quantitative estimate of drug-likeness (QED) is 0.829. The molecule has 0 radical (unpaired) electrons. The third-order valence-corrected chi connectivity index (χ3v) is 3.64. The van der Waals surface area contributed by atoms with Crippen molar-refractivity contribution in [2.45, 2.75) is 19.9 Å². The molecule has 4 nitrogen and oxygen atoms in total. The summed E-state index contributed by atoms with van der Waals surface area (Å²) in [5.74, 6) is 0.336. The van der Waals surface area contributed by atoms with Crippen LogP contribution in [0.5, 0.6) is 5.75 Å². The number of carbonyl (C=O) groups excluding carboxylic acids is 1. The minimum Gasteiger partial charge on any atom is -0.483 e. The van der Waals surface area contributed by atoms with Gasteiger partial charge >= 0.3 is 0 Å². The van der Waals surface area contributed by atoms with Crippen molar-refractivity contribution in [2.24, 2.45) is 5.92 Å². The molecule has 2 atom stereocenters. The van der Waals surface area contributed by atoms with Gasteiger partial charge in [-0.3, -0.25) is 4.79 Å². The molecule has 0 aliphatic carbocycles. The van der Waals surface area contributed by atoms with Crippen molar-refractivity contribution >= 4 is 33.4 Å². The summed E-state index contributed by atoms with van der Waals surface area (Å²) in [6.07, 6.45) is 0. The van der Waals surface area contributed by atoms with Gasteiger partial charge in [-0.05, 0) is 47.0 Å². The van der Waals surface area contributed by atoms with Crippen LogP contribution in [0.1, 0.15) is 13.8 Å². The molecule has 1 aromatic carbocycles. The van der Waals surface area contributed by atoms with Crippen LogP contribution in [0, 0.1) is 5.92 Å². The third kappa shape index (κ3) is 5.38. The molecule has 1 rings (SSSR count). The second-order valence-corrected chi connectivity index (χ2v) is 5.67. The average Bonchev–Trinajstić information content (AvgIpc) is 2.36. The maximum atomic E-state index is 11.7. The summed E-state index contributed by atoms with van der Waals surface area (Å²) in [6.45, 7) is 3.66. The van der Waals surface area contributed by atoms with Crippen LogP contribution in [0.2, 0.25) is 5.02 Å². The summed E-state index contributed by atoms with van der Waals surface area (Å²) in [5, 5.41) is 12.3.